The molecule has 4 rings (SSSR count). The summed E-state index contributed by atoms with van der Waals surface area (Å²) in [7, 11) is 0. The van der Waals surface area contributed by atoms with E-state index in [9.17, 15) is 0 Å². The van der Waals surface area contributed by atoms with Crippen molar-refractivity contribution in [2.75, 3.05) is 50.9 Å². The summed E-state index contributed by atoms with van der Waals surface area (Å²) in [6, 6.07) is 6.80. The molecule has 0 spiro atoms. The fourth-order valence-electron chi connectivity index (χ4n) is 4.55. The predicted octanol–water partition coefficient (Wildman–Crippen LogP) is 3.75. The molecule has 156 valence electrons. The maximum Gasteiger partial charge on any atom is 0.192 e. The van der Waals surface area contributed by atoms with Gasteiger partial charge in [-0.1, -0.05) is 13.0 Å². The second kappa shape index (κ2) is 7.94. The third-order valence-electron chi connectivity index (χ3n) is 6.80. The standard InChI is InChI=1S/C23H36N2O3/c1-18-17-27-23(4,28-22(18,2)3)20-7-8-21(25-11-13-26-14-12-25)19(15-20)16-24-9-5-6-10-24/h7-8,15,18H,5-6,9-14,16-17H2,1-4H3. The van der Waals surface area contributed by atoms with Crippen LogP contribution < -0.4 is 4.90 Å². The van der Waals surface area contributed by atoms with Crippen LogP contribution in [0.3, 0.4) is 0 Å². The van der Waals surface area contributed by atoms with Gasteiger partial charge >= 0.3 is 0 Å². The first kappa shape index (κ1) is 20.1. The highest BCUT2D eigenvalue weighted by Gasteiger charge is 2.44. The molecular weight excluding hydrogens is 352 g/mol. The van der Waals surface area contributed by atoms with E-state index in [0.29, 0.717) is 5.92 Å². The van der Waals surface area contributed by atoms with E-state index in [4.69, 9.17) is 14.2 Å². The first-order chi connectivity index (χ1) is 13.4. The fraction of sp³-hybridized carbons (Fsp3) is 0.739. The van der Waals surface area contributed by atoms with E-state index >= 15 is 0 Å². The molecule has 0 radical (unpaired) electrons. The van der Waals surface area contributed by atoms with Crippen molar-refractivity contribution in [2.24, 2.45) is 5.92 Å². The maximum atomic E-state index is 6.50. The SMILES string of the molecule is CC1COC(C)(c2ccc(N3CCOCC3)c(CN3CCCC3)c2)OC1(C)C. The van der Waals surface area contributed by atoms with Crippen molar-refractivity contribution in [1.29, 1.82) is 0 Å². The molecule has 1 aromatic rings. The summed E-state index contributed by atoms with van der Waals surface area (Å²) in [6.07, 6.45) is 2.62. The first-order valence-corrected chi connectivity index (χ1v) is 10.9. The van der Waals surface area contributed by atoms with Crippen molar-refractivity contribution in [3.8, 4) is 0 Å². The van der Waals surface area contributed by atoms with Crippen molar-refractivity contribution in [2.45, 2.75) is 58.5 Å². The van der Waals surface area contributed by atoms with Crippen molar-refractivity contribution in [3.63, 3.8) is 0 Å². The average molecular weight is 389 g/mol. The molecule has 0 saturated carbocycles. The lowest BCUT2D eigenvalue weighted by atomic mass is 9.90. The van der Waals surface area contributed by atoms with Gasteiger partial charge in [0.05, 0.1) is 25.4 Å². The molecule has 0 N–H and O–H groups in total. The molecule has 1 aromatic carbocycles. The van der Waals surface area contributed by atoms with E-state index in [1.54, 1.807) is 0 Å². The van der Waals surface area contributed by atoms with Crippen LogP contribution in [0.1, 0.15) is 51.7 Å². The van der Waals surface area contributed by atoms with Gasteiger partial charge in [0.2, 0.25) is 0 Å². The normalized spacial score (nSPS) is 31.3. The van der Waals surface area contributed by atoms with Crippen LogP contribution in [-0.2, 0) is 26.5 Å². The van der Waals surface area contributed by atoms with Gasteiger partial charge in [0.25, 0.3) is 0 Å². The third-order valence-corrected chi connectivity index (χ3v) is 6.80. The van der Waals surface area contributed by atoms with Gasteiger partial charge in [-0.25, -0.2) is 0 Å². The molecule has 0 bridgehead atoms. The second-order valence-electron chi connectivity index (χ2n) is 9.29. The number of hydrogen-bond acceptors (Lipinski definition) is 5. The molecule has 5 nitrogen and oxygen atoms in total. The van der Waals surface area contributed by atoms with Gasteiger partial charge in [0.1, 0.15) is 0 Å². The van der Waals surface area contributed by atoms with Crippen LogP contribution in [0.4, 0.5) is 5.69 Å². The van der Waals surface area contributed by atoms with Crippen LogP contribution in [0.15, 0.2) is 18.2 Å². The highest BCUT2D eigenvalue weighted by atomic mass is 16.7. The highest BCUT2D eigenvalue weighted by molar-refractivity contribution is 5.56. The molecule has 3 saturated heterocycles. The minimum absolute atomic E-state index is 0.203. The van der Waals surface area contributed by atoms with Crippen LogP contribution in [0.2, 0.25) is 0 Å². The zero-order valence-corrected chi connectivity index (χ0v) is 18.0. The van der Waals surface area contributed by atoms with Gasteiger partial charge in [-0.3, -0.25) is 4.90 Å². The Morgan fingerprint density at radius 3 is 2.43 bits per heavy atom. The summed E-state index contributed by atoms with van der Waals surface area (Å²) in [4.78, 5) is 5.04. The first-order valence-electron chi connectivity index (χ1n) is 10.9. The molecule has 0 amide bonds. The van der Waals surface area contributed by atoms with E-state index in [0.717, 1.165) is 45.0 Å². The third kappa shape index (κ3) is 4.09. The van der Waals surface area contributed by atoms with Crippen molar-refractivity contribution in [3.05, 3.63) is 29.3 Å². The fourth-order valence-corrected chi connectivity index (χ4v) is 4.55. The molecule has 2 atom stereocenters. The quantitative estimate of drug-likeness (QED) is 0.785. The molecule has 3 heterocycles. The Morgan fingerprint density at radius 1 is 1.04 bits per heavy atom. The lowest BCUT2D eigenvalue weighted by Gasteiger charge is -2.47. The smallest absolute Gasteiger partial charge is 0.192 e. The summed E-state index contributed by atoms with van der Waals surface area (Å²) in [5.41, 5.74) is 3.64. The van der Waals surface area contributed by atoms with Crippen molar-refractivity contribution < 1.29 is 14.2 Å². The number of likely N-dealkylation sites (tertiary alicyclic amines) is 1. The Bertz CT molecular complexity index is 680. The van der Waals surface area contributed by atoms with Crippen LogP contribution >= 0.6 is 0 Å². The monoisotopic (exact) mass is 388 g/mol. The van der Waals surface area contributed by atoms with Gasteiger partial charge in [-0.2, -0.15) is 0 Å². The van der Waals surface area contributed by atoms with Gasteiger partial charge in [0, 0.05) is 36.8 Å². The highest BCUT2D eigenvalue weighted by Crippen LogP contribution is 2.41. The summed E-state index contributed by atoms with van der Waals surface area (Å²) < 4.78 is 18.3. The van der Waals surface area contributed by atoms with E-state index in [1.807, 2.05) is 0 Å². The second-order valence-corrected chi connectivity index (χ2v) is 9.29. The van der Waals surface area contributed by atoms with E-state index in [2.05, 4.69) is 55.7 Å². The molecular formula is C23H36N2O3. The molecule has 0 aromatic heterocycles. The lowest BCUT2D eigenvalue weighted by molar-refractivity contribution is -0.337. The molecule has 3 fully saturated rings. The number of hydrogen-bond donors (Lipinski definition) is 0. The van der Waals surface area contributed by atoms with Gasteiger partial charge in [0.15, 0.2) is 5.79 Å². The topological polar surface area (TPSA) is 34.2 Å². The van der Waals surface area contributed by atoms with Crippen LogP contribution in [-0.4, -0.2) is 56.5 Å². The van der Waals surface area contributed by atoms with E-state index in [-0.39, 0.29) is 5.60 Å². The van der Waals surface area contributed by atoms with Gasteiger partial charge < -0.3 is 19.1 Å². The van der Waals surface area contributed by atoms with Crippen LogP contribution in [0.25, 0.3) is 0 Å². The molecule has 0 aliphatic carbocycles. The Balaban J connectivity index is 1.64. The van der Waals surface area contributed by atoms with Crippen molar-refractivity contribution in [1.82, 2.24) is 4.90 Å². The number of nitrogens with zero attached hydrogens (tertiary/aromatic N) is 2. The molecule has 3 aliphatic rings. The Morgan fingerprint density at radius 2 is 1.75 bits per heavy atom. The van der Waals surface area contributed by atoms with Crippen LogP contribution in [0, 0.1) is 5.92 Å². The average Bonchev–Trinajstić information content (AvgIpc) is 3.18. The van der Waals surface area contributed by atoms with Crippen LogP contribution in [0.5, 0.6) is 0 Å². The van der Waals surface area contributed by atoms with E-state index < -0.39 is 5.79 Å². The Hall–Kier alpha value is -1.14. The lowest BCUT2D eigenvalue weighted by Crippen LogP contribution is -2.50. The molecule has 28 heavy (non-hydrogen) atoms. The minimum Gasteiger partial charge on any atom is -0.378 e. The Kier molecular flexibility index (Phi) is 5.71. The summed E-state index contributed by atoms with van der Waals surface area (Å²) in [5.74, 6) is -0.323. The zero-order chi connectivity index (χ0) is 19.8. The number of morpholine rings is 1. The number of ether oxygens (including phenoxy) is 3. The number of anilines is 1. The van der Waals surface area contributed by atoms with Gasteiger partial charge in [-0.05, 0) is 64.4 Å². The number of rotatable bonds is 4. The largest absolute Gasteiger partial charge is 0.378 e. The maximum absolute atomic E-state index is 6.50. The summed E-state index contributed by atoms with van der Waals surface area (Å²) in [5, 5.41) is 0. The summed E-state index contributed by atoms with van der Waals surface area (Å²) in [6.45, 7) is 16.3. The number of benzene rings is 1. The zero-order valence-electron chi connectivity index (χ0n) is 18.0. The Labute approximate surface area is 169 Å². The summed E-state index contributed by atoms with van der Waals surface area (Å²) >= 11 is 0. The molecule has 5 heteroatoms. The molecule has 3 aliphatic heterocycles. The minimum atomic E-state index is -0.695. The van der Waals surface area contributed by atoms with Gasteiger partial charge in [-0.15, -0.1) is 0 Å². The predicted molar refractivity (Wildman–Crippen MR) is 112 cm³/mol. The van der Waals surface area contributed by atoms with E-state index in [1.165, 1.54) is 37.2 Å². The molecule has 2 unspecified atom stereocenters. The van der Waals surface area contributed by atoms with Crippen molar-refractivity contribution >= 4 is 5.69 Å².